The second-order valence-electron chi connectivity index (χ2n) is 8.92. The monoisotopic (exact) mass is 494 g/mol. The lowest BCUT2D eigenvalue weighted by Gasteiger charge is -2.25. The quantitative estimate of drug-likeness (QED) is 0.414. The fourth-order valence-corrected chi connectivity index (χ4v) is 3.99. The van der Waals surface area contributed by atoms with Gasteiger partial charge >= 0.3 is 6.09 Å². The van der Waals surface area contributed by atoms with E-state index in [2.05, 4.69) is 15.3 Å². The molecule has 0 bridgehead atoms. The Bertz CT molecular complexity index is 1240. The van der Waals surface area contributed by atoms with Gasteiger partial charge < -0.3 is 15.0 Å². The Labute approximate surface area is 199 Å². The molecule has 2 aromatic carbocycles. The van der Waals surface area contributed by atoms with Gasteiger partial charge in [-0.05, 0) is 50.6 Å². The van der Waals surface area contributed by atoms with Crippen molar-refractivity contribution in [1.82, 2.24) is 14.9 Å². The number of nitrogens with zero attached hydrogens (tertiary/aromatic N) is 3. The van der Waals surface area contributed by atoms with Crippen molar-refractivity contribution in [2.24, 2.45) is 0 Å². The molecule has 174 valence electrons. The molecule has 1 atom stereocenters. The third-order valence-corrected chi connectivity index (χ3v) is 6.09. The molecule has 1 aliphatic rings. The van der Waals surface area contributed by atoms with Gasteiger partial charge in [-0.1, -0.05) is 29.3 Å². The van der Waals surface area contributed by atoms with Crippen LogP contribution < -0.4 is 5.32 Å². The van der Waals surface area contributed by atoms with E-state index in [9.17, 15) is 9.18 Å². The number of rotatable bonds is 3. The van der Waals surface area contributed by atoms with Crippen LogP contribution in [0.25, 0.3) is 10.9 Å². The zero-order valence-electron chi connectivity index (χ0n) is 18.3. The standard InChI is InChI=1S/C23H22Cl2F2N4O2/c1-22(2,3)33-21(32)31-9-8-23(27,11-31)13-4-6-16-14(10-13)20(29-12-28-16)30-17-7-5-15(24)18(25)19(17)26/h4-7,10,12H,8-9,11H2,1-3H3,(H,28,29,30). The number of hydrogen-bond acceptors (Lipinski definition) is 5. The van der Waals surface area contributed by atoms with Crippen LogP contribution >= 0.6 is 23.2 Å². The molecule has 1 aliphatic heterocycles. The highest BCUT2D eigenvalue weighted by atomic mass is 35.5. The summed E-state index contributed by atoms with van der Waals surface area (Å²) in [6.07, 6.45) is 0.893. The van der Waals surface area contributed by atoms with Crippen LogP contribution in [0.4, 0.5) is 25.1 Å². The summed E-state index contributed by atoms with van der Waals surface area (Å²) in [5, 5.41) is 3.26. The second-order valence-corrected chi connectivity index (χ2v) is 9.70. The van der Waals surface area contributed by atoms with E-state index >= 15 is 4.39 Å². The van der Waals surface area contributed by atoms with Crippen molar-refractivity contribution >= 4 is 51.7 Å². The molecule has 0 radical (unpaired) electrons. The van der Waals surface area contributed by atoms with E-state index in [0.29, 0.717) is 16.5 Å². The SMILES string of the molecule is CC(C)(C)OC(=O)N1CCC(F)(c2ccc3ncnc(Nc4ccc(Cl)c(Cl)c4F)c3c2)C1. The summed E-state index contributed by atoms with van der Waals surface area (Å²) < 4.78 is 35.8. The Morgan fingerprint density at radius 1 is 1.21 bits per heavy atom. The van der Waals surface area contributed by atoms with Crippen LogP contribution in [-0.4, -0.2) is 39.7 Å². The number of fused-ring (bicyclic) bond motifs is 1. The Hall–Kier alpha value is -2.71. The zero-order chi connectivity index (χ0) is 24.0. The molecule has 3 aromatic rings. The van der Waals surface area contributed by atoms with Crippen molar-refractivity contribution in [2.75, 3.05) is 18.4 Å². The first-order valence-corrected chi connectivity index (χ1v) is 11.0. The van der Waals surface area contributed by atoms with Crippen LogP contribution in [0.15, 0.2) is 36.7 Å². The normalized spacial score (nSPS) is 18.6. The third-order valence-electron chi connectivity index (χ3n) is 5.31. The Kier molecular flexibility index (Phi) is 6.09. The van der Waals surface area contributed by atoms with Gasteiger partial charge in [-0.2, -0.15) is 0 Å². The van der Waals surface area contributed by atoms with Gasteiger partial charge in [0.2, 0.25) is 0 Å². The summed E-state index contributed by atoms with van der Waals surface area (Å²) in [4.78, 5) is 22.2. The molecule has 1 amide bonds. The van der Waals surface area contributed by atoms with Crippen LogP contribution in [0.5, 0.6) is 0 Å². The number of halogens is 4. The minimum atomic E-state index is -1.77. The molecular formula is C23H22Cl2F2N4O2. The first kappa shape index (κ1) is 23.4. The van der Waals surface area contributed by atoms with Gasteiger partial charge in [-0.3, -0.25) is 0 Å². The fraction of sp³-hybridized carbons (Fsp3) is 0.348. The number of carbonyl (C=O) groups is 1. The predicted octanol–water partition coefficient (Wildman–Crippen LogP) is 6.62. The van der Waals surface area contributed by atoms with E-state index < -0.39 is 23.2 Å². The number of benzene rings is 2. The highest BCUT2D eigenvalue weighted by Gasteiger charge is 2.43. The van der Waals surface area contributed by atoms with Crippen LogP contribution in [0.1, 0.15) is 32.8 Å². The fourth-order valence-electron chi connectivity index (χ4n) is 3.68. The lowest BCUT2D eigenvalue weighted by atomic mass is 9.93. The number of anilines is 2. The minimum absolute atomic E-state index is 0.0710. The maximum Gasteiger partial charge on any atom is 0.410 e. The predicted molar refractivity (Wildman–Crippen MR) is 124 cm³/mol. The van der Waals surface area contributed by atoms with Crippen molar-refractivity contribution in [2.45, 2.75) is 38.5 Å². The van der Waals surface area contributed by atoms with Gasteiger partial charge in [0.15, 0.2) is 11.5 Å². The number of likely N-dealkylation sites (tertiary alicyclic amines) is 1. The molecule has 33 heavy (non-hydrogen) atoms. The summed E-state index contributed by atoms with van der Waals surface area (Å²) >= 11 is 11.8. The van der Waals surface area contributed by atoms with E-state index in [4.69, 9.17) is 27.9 Å². The maximum atomic E-state index is 15.9. The van der Waals surface area contributed by atoms with Gasteiger partial charge in [0.1, 0.15) is 17.7 Å². The lowest BCUT2D eigenvalue weighted by molar-refractivity contribution is 0.0257. The first-order chi connectivity index (χ1) is 15.5. The number of aromatic nitrogens is 2. The molecule has 2 heterocycles. The zero-order valence-corrected chi connectivity index (χ0v) is 19.8. The molecule has 1 fully saturated rings. The summed E-state index contributed by atoms with van der Waals surface area (Å²) in [5.74, 6) is -0.442. The van der Waals surface area contributed by atoms with Crippen molar-refractivity contribution in [3.8, 4) is 0 Å². The van der Waals surface area contributed by atoms with Gasteiger partial charge in [-0.25, -0.2) is 23.5 Å². The second kappa shape index (κ2) is 8.57. The maximum absolute atomic E-state index is 15.9. The van der Waals surface area contributed by atoms with Gasteiger partial charge in [-0.15, -0.1) is 0 Å². The summed E-state index contributed by atoms with van der Waals surface area (Å²) in [6, 6.07) is 7.82. The van der Waals surface area contributed by atoms with Gasteiger partial charge in [0, 0.05) is 18.4 Å². The molecule has 1 N–H and O–H groups in total. The Morgan fingerprint density at radius 3 is 2.70 bits per heavy atom. The van der Waals surface area contributed by atoms with Crippen molar-refractivity contribution in [3.63, 3.8) is 0 Å². The lowest BCUT2D eigenvalue weighted by Crippen LogP contribution is -2.37. The van der Waals surface area contributed by atoms with E-state index in [0.717, 1.165) is 0 Å². The number of alkyl halides is 1. The smallest absolute Gasteiger partial charge is 0.410 e. The average molecular weight is 495 g/mol. The molecule has 0 aliphatic carbocycles. The molecule has 4 rings (SSSR count). The first-order valence-electron chi connectivity index (χ1n) is 10.3. The largest absolute Gasteiger partial charge is 0.444 e. The molecule has 1 saturated heterocycles. The third kappa shape index (κ3) is 4.82. The summed E-state index contributed by atoms with van der Waals surface area (Å²) in [6.45, 7) is 5.38. The Balaban J connectivity index is 1.65. The van der Waals surface area contributed by atoms with Gasteiger partial charge in [0.25, 0.3) is 0 Å². The Morgan fingerprint density at radius 2 is 1.97 bits per heavy atom. The molecular weight excluding hydrogens is 473 g/mol. The van der Waals surface area contributed by atoms with E-state index in [1.807, 2.05) is 0 Å². The highest BCUT2D eigenvalue weighted by Crippen LogP contribution is 2.39. The van der Waals surface area contributed by atoms with Crippen LogP contribution in [0.2, 0.25) is 10.0 Å². The van der Waals surface area contributed by atoms with Crippen LogP contribution in [0.3, 0.4) is 0 Å². The van der Waals surface area contributed by atoms with Crippen molar-refractivity contribution in [1.29, 1.82) is 0 Å². The van der Waals surface area contributed by atoms with E-state index in [-0.39, 0.29) is 41.1 Å². The number of hydrogen-bond donors (Lipinski definition) is 1. The molecule has 6 nitrogen and oxygen atoms in total. The molecule has 0 saturated carbocycles. The van der Waals surface area contributed by atoms with Gasteiger partial charge in [0.05, 0.1) is 27.8 Å². The topological polar surface area (TPSA) is 67.3 Å². The van der Waals surface area contributed by atoms with Crippen LogP contribution in [-0.2, 0) is 10.4 Å². The van der Waals surface area contributed by atoms with Crippen LogP contribution in [0, 0.1) is 5.82 Å². The number of ether oxygens (including phenoxy) is 1. The van der Waals surface area contributed by atoms with Crippen molar-refractivity contribution < 1.29 is 18.3 Å². The van der Waals surface area contributed by atoms with E-state index in [1.54, 1.807) is 39.0 Å². The average Bonchev–Trinajstić information content (AvgIpc) is 3.16. The number of carbonyl (C=O) groups excluding carboxylic acids is 1. The molecule has 10 heteroatoms. The summed E-state index contributed by atoms with van der Waals surface area (Å²) in [5.41, 5.74) is -1.45. The minimum Gasteiger partial charge on any atom is -0.444 e. The highest BCUT2D eigenvalue weighted by molar-refractivity contribution is 6.42. The molecule has 0 spiro atoms. The number of amides is 1. The summed E-state index contributed by atoms with van der Waals surface area (Å²) in [7, 11) is 0. The molecule has 1 aromatic heterocycles. The van der Waals surface area contributed by atoms with E-state index in [1.165, 1.54) is 23.4 Å². The van der Waals surface area contributed by atoms with Crippen molar-refractivity contribution in [3.05, 3.63) is 58.1 Å². The number of nitrogens with one attached hydrogen (secondary N) is 1. The molecule has 1 unspecified atom stereocenters.